The predicted molar refractivity (Wildman–Crippen MR) is 131 cm³/mol. The van der Waals surface area contributed by atoms with Crippen molar-refractivity contribution in [3.05, 3.63) is 96.1 Å². The third-order valence-electron chi connectivity index (χ3n) is 5.38. The maximum Gasteiger partial charge on any atom is 0.243 e. The van der Waals surface area contributed by atoms with E-state index in [-0.39, 0.29) is 55.8 Å². The zero-order valence-corrected chi connectivity index (χ0v) is 25.4. The Kier molecular flexibility index (Phi) is 13.2. The quantitative estimate of drug-likeness (QED) is 0.0897. The molecule has 0 saturated carbocycles. The molecule has 192 valence electrons. The van der Waals surface area contributed by atoms with Crippen molar-refractivity contribution in [1.29, 1.82) is 0 Å². The number of phenols is 2. The number of phenolic OH excluding ortho intramolecular Hbond substituents is 2. The van der Waals surface area contributed by atoms with Crippen molar-refractivity contribution in [3.63, 3.8) is 0 Å². The van der Waals surface area contributed by atoms with Crippen LogP contribution in [0.3, 0.4) is 0 Å². The Hall–Kier alpha value is -3.00. The molecule has 0 aliphatic carbocycles. The maximum absolute atomic E-state index is 10.2. The van der Waals surface area contributed by atoms with Crippen LogP contribution >= 0.6 is 0 Å². The number of aromatic nitrogens is 4. The van der Waals surface area contributed by atoms with Gasteiger partial charge in [-0.1, -0.05) is 12.1 Å². The molecule has 0 amide bonds. The number of aryl methyl sites for hydroxylation is 2. The van der Waals surface area contributed by atoms with Crippen molar-refractivity contribution < 1.29 is 63.6 Å². The number of hydrogen-bond donors (Lipinski definition) is 2. The van der Waals surface area contributed by atoms with Gasteiger partial charge in [0.25, 0.3) is 0 Å². The first-order valence-electron chi connectivity index (χ1n) is 11.1. The second kappa shape index (κ2) is 15.3. The molecule has 4 rings (SSSR count). The molecule has 4 aromatic rings. The van der Waals surface area contributed by atoms with Gasteiger partial charge in [0.1, 0.15) is 49.4 Å². The van der Waals surface area contributed by atoms with Crippen molar-refractivity contribution >= 4 is 12.4 Å². The molecule has 2 aromatic carbocycles. The number of halogens is 2. The molecule has 0 bridgehead atoms. The van der Waals surface area contributed by atoms with E-state index >= 15 is 0 Å². The Bertz CT molecular complexity index is 1230. The van der Waals surface area contributed by atoms with E-state index < -0.39 is 0 Å². The van der Waals surface area contributed by atoms with Crippen LogP contribution in [-0.4, -0.2) is 44.9 Å². The summed E-state index contributed by atoms with van der Waals surface area (Å²) in [7, 11) is 3.96. The Labute approximate surface area is 242 Å². The van der Waals surface area contributed by atoms with Crippen LogP contribution in [0.4, 0.5) is 0 Å². The van der Waals surface area contributed by atoms with E-state index in [9.17, 15) is 10.2 Å². The summed E-state index contributed by atoms with van der Waals surface area (Å²) >= 11 is 0. The molecule has 0 aliphatic rings. The van der Waals surface area contributed by atoms with Gasteiger partial charge in [0.2, 0.25) is 12.7 Å². The fourth-order valence-electron chi connectivity index (χ4n) is 3.66. The summed E-state index contributed by atoms with van der Waals surface area (Å²) in [6, 6.07) is 11.1. The number of rotatable bonds is 9. The number of benzene rings is 2. The first-order valence-corrected chi connectivity index (χ1v) is 11.1. The van der Waals surface area contributed by atoms with Gasteiger partial charge in [-0.05, 0) is 35.4 Å². The fourth-order valence-corrected chi connectivity index (χ4v) is 3.66. The Balaban J connectivity index is 0.00000228. The van der Waals surface area contributed by atoms with E-state index in [0.29, 0.717) is 24.2 Å². The van der Waals surface area contributed by atoms with E-state index in [1.807, 2.05) is 84.9 Å². The van der Waals surface area contributed by atoms with Crippen molar-refractivity contribution in [1.82, 2.24) is 9.13 Å². The maximum atomic E-state index is 10.2. The van der Waals surface area contributed by atoms with Crippen molar-refractivity contribution in [2.24, 2.45) is 24.1 Å². The van der Waals surface area contributed by atoms with Crippen LogP contribution in [0.2, 0.25) is 0 Å². The predicted octanol–water partition coefficient (Wildman–Crippen LogP) is -4.01. The van der Waals surface area contributed by atoms with Crippen LogP contribution in [0.25, 0.3) is 0 Å². The molecule has 0 atom stereocenters. The molecule has 2 aromatic heterocycles. The first kappa shape index (κ1) is 32.0. The first-order chi connectivity index (χ1) is 16.5. The number of imidazole rings is 2. The number of aromatic hydroxyl groups is 2. The molecule has 0 saturated heterocycles. The monoisotopic (exact) mass is 592 g/mol. The summed E-state index contributed by atoms with van der Waals surface area (Å²) in [5, 5.41) is 20.3. The van der Waals surface area contributed by atoms with E-state index in [0.717, 1.165) is 24.2 Å². The minimum absolute atomic E-state index is 0. The second-order valence-electron chi connectivity index (χ2n) is 8.36. The van der Waals surface area contributed by atoms with Crippen LogP contribution in [0, 0.1) is 0 Å². The van der Waals surface area contributed by atoms with Gasteiger partial charge < -0.3 is 35.0 Å². The zero-order valence-electron chi connectivity index (χ0n) is 21.0. The van der Waals surface area contributed by atoms with Crippen molar-refractivity contribution in [2.75, 3.05) is 13.1 Å². The summed E-state index contributed by atoms with van der Waals surface area (Å²) in [4.78, 5) is 8.81. The molecule has 11 heteroatoms. The van der Waals surface area contributed by atoms with Gasteiger partial charge in [-0.2, -0.15) is 0 Å². The van der Waals surface area contributed by atoms with E-state index in [2.05, 4.69) is 19.1 Å². The van der Waals surface area contributed by atoms with E-state index in [1.165, 1.54) is 0 Å². The average molecular weight is 595 g/mol. The third-order valence-corrected chi connectivity index (χ3v) is 5.38. The summed E-state index contributed by atoms with van der Waals surface area (Å²) in [6.07, 6.45) is 15.4. The summed E-state index contributed by atoms with van der Waals surface area (Å²) in [5.74, 6) is 0.402. The van der Waals surface area contributed by atoms with Gasteiger partial charge in [-0.15, -0.1) is 0 Å². The van der Waals surface area contributed by atoms with Crippen molar-refractivity contribution in [2.45, 2.75) is 13.1 Å². The summed E-state index contributed by atoms with van der Waals surface area (Å²) in [5.41, 5.74) is 3.53. The largest absolute Gasteiger partial charge is 1.00 e. The smallest absolute Gasteiger partial charge is 0.243 e. The molecule has 0 aliphatic heterocycles. The van der Waals surface area contributed by atoms with Gasteiger partial charge in [0.05, 0.1) is 27.2 Å². The zero-order chi connectivity index (χ0) is 23.9. The van der Waals surface area contributed by atoms with Crippen LogP contribution in [0.15, 0.2) is 83.8 Å². The third kappa shape index (κ3) is 9.43. The van der Waals surface area contributed by atoms with Gasteiger partial charge in [-0.25, -0.2) is 18.3 Å². The molecule has 2 N–H and O–H groups in total. The minimum atomic E-state index is 0. The molecule has 0 fully saturated rings. The van der Waals surface area contributed by atoms with Crippen LogP contribution in [-0.2, 0) is 46.7 Å². The summed E-state index contributed by atoms with van der Waals surface area (Å²) < 4.78 is 8.12. The van der Waals surface area contributed by atoms with Crippen LogP contribution in [0.1, 0.15) is 22.3 Å². The number of aliphatic imine (C=N–C) groups is 2. The number of hydrogen-bond acceptors (Lipinski definition) is 4. The fraction of sp³-hybridized carbons (Fsp3) is 0.231. The molecule has 8 nitrogen and oxygen atoms in total. The van der Waals surface area contributed by atoms with Gasteiger partial charge >= 0.3 is 0 Å². The Morgan fingerprint density at radius 3 is 1.49 bits per heavy atom. The standard InChI is InChI=1S/C26H28N6O2.2ClH.Zn/c1-29-9-11-31(19-29)17-21-3-5-25(33)23(13-21)15-27-7-8-28-16-24-14-22(4-6-26(24)34)18-32-12-10-30(2)20-32;;;/h3-6,9-16,19-20H,7-8,17-18H2,1-2H3;2*1H;. The number of nitrogens with zero attached hydrogens (tertiary/aromatic N) is 6. The summed E-state index contributed by atoms with van der Waals surface area (Å²) in [6.45, 7) is 2.40. The Morgan fingerprint density at radius 2 is 1.14 bits per heavy atom. The molecule has 0 spiro atoms. The van der Waals surface area contributed by atoms with Crippen molar-refractivity contribution in [3.8, 4) is 11.5 Å². The molecular formula is C26H30Cl2N6O2Zn. The molecular weight excluding hydrogens is 565 g/mol. The van der Waals surface area contributed by atoms with E-state index in [1.54, 1.807) is 24.6 Å². The minimum Gasteiger partial charge on any atom is -1.00 e. The van der Waals surface area contributed by atoms with Gasteiger partial charge in [0.15, 0.2) is 0 Å². The SMILES string of the molecule is C[n+]1ccn(Cc2ccc(O)c(C=NCCN=Cc3cc(Cn4cc[n+](C)c4)ccc3O)c2)c1.[Cl-].[Cl-].[Zn]. The molecule has 2 heterocycles. The van der Waals surface area contributed by atoms with Gasteiger partial charge in [0, 0.05) is 43.0 Å². The van der Waals surface area contributed by atoms with Crippen LogP contribution in [0.5, 0.6) is 11.5 Å². The van der Waals surface area contributed by atoms with Gasteiger partial charge in [-0.3, -0.25) is 9.98 Å². The molecule has 37 heavy (non-hydrogen) atoms. The molecule has 0 radical (unpaired) electrons. The van der Waals surface area contributed by atoms with Crippen LogP contribution < -0.4 is 33.9 Å². The normalized spacial score (nSPS) is 10.8. The second-order valence-corrected chi connectivity index (χ2v) is 8.36. The average Bonchev–Trinajstić information content (AvgIpc) is 3.41. The Morgan fingerprint density at radius 1 is 0.730 bits per heavy atom. The van der Waals surface area contributed by atoms with E-state index in [4.69, 9.17) is 0 Å². The topological polar surface area (TPSA) is 82.8 Å². The molecule has 0 unspecified atom stereocenters.